The largest absolute Gasteiger partial charge is 0.370 e. The van der Waals surface area contributed by atoms with Crippen LogP contribution in [0.15, 0.2) is 48.5 Å². The fourth-order valence-electron chi connectivity index (χ4n) is 5.21. The summed E-state index contributed by atoms with van der Waals surface area (Å²) in [7, 11) is 0. The van der Waals surface area contributed by atoms with Gasteiger partial charge in [0.15, 0.2) is 0 Å². The van der Waals surface area contributed by atoms with Crippen molar-refractivity contribution in [3.05, 3.63) is 59.8 Å². The van der Waals surface area contributed by atoms with Crippen LogP contribution in [-0.4, -0.2) is 47.5 Å². The number of likely N-dealkylation sites (tertiary alicyclic amines) is 1. The fourth-order valence-corrected chi connectivity index (χ4v) is 5.21. The average molecular weight is 403 g/mol. The number of hydrogen-bond acceptors (Lipinski definition) is 3. The van der Waals surface area contributed by atoms with Gasteiger partial charge >= 0.3 is 0 Å². The molecule has 5 nitrogen and oxygen atoms in total. The maximum absolute atomic E-state index is 12.7. The molecule has 1 aromatic heterocycles. The summed E-state index contributed by atoms with van der Waals surface area (Å²) in [6.07, 6.45) is 3.91. The second-order valence-electron chi connectivity index (χ2n) is 8.84. The minimum Gasteiger partial charge on any atom is -0.370 e. The number of rotatable bonds is 4. The molecule has 3 aromatic rings. The average Bonchev–Trinajstić information content (AvgIpc) is 3.46. The number of amides is 1. The summed E-state index contributed by atoms with van der Waals surface area (Å²) in [5, 5.41) is 4.09. The molecular weight excluding hydrogens is 372 g/mol. The van der Waals surface area contributed by atoms with Crippen molar-refractivity contribution >= 4 is 28.2 Å². The molecule has 5 rings (SSSR count). The first-order chi connectivity index (χ1) is 14.6. The molecule has 0 spiro atoms. The molecule has 2 N–H and O–H groups in total. The van der Waals surface area contributed by atoms with E-state index in [0.717, 1.165) is 35.7 Å². The number of carbonyl (C=O) groups excluding carboxylic acids is 1. The quantitative estimate of drug-likeness (QED) is 0.660. The number of para-hydroxylation sites is 1. The summed E-state index contributed by atoms with van der Waals surface area (Å²) >= 11 is 0. The van der Waals surface area contributed by atoms with E-state index >= 15 is 0 Å². The summed E-state index contributed by atoms with van der Waals surface area (Å²) in [6.45, 7) is 7.96. The Hall–Kier alpha value is -2.79. The van der Waals surface area contributed by atoms with Crippen LogP contribution >= 0.6 is 0 Å². The highest BCUT2D eigenvalue weighted by molar-refractivity contribution is 6.06. The molecule has 30 heavy (non-hydrogen) atoms. The van der Waals surface area contributed by atoms with Gasteiger partial charge in [-0.2, -0.15) is 0 Å². The molecule has 2 unspecified atom stereocenters. The summed E-state index contributed by atoms with van der Waals surface area (Å²) in [5.41, 5.74) is 4.89. The van der Waals surface area contributed by atoms with Crippen LogP contribution in [0.2, 0.25) is 0 Å². The van der Waals surface area contributed by atoms with Gasteiger partial charge in [0.05, 0.1) is 0 Å². The maximum atomic E-state index is 12.7. The van der Waals surface area contributed by atoms with Crippen LogP contribution in [0, 0.1) is 6.92 Å². The molecule has 2 atom stereocenters. The van der Waals surface area contributed by atoms with Crippen LogP contribution < -0.4 is 10.2 Å². The van der Waals surface area contributed by atoms with Crippen molar-refractivity contribution in [3.63, 3.8) is 0 Å². The van der Waals surface area contributed by atoms with Crippen molar-refractivity contribution in [1.29, 1.82) is 0 Å². The standard InChI is InChI=1S/C25H30N4O/c1-17-14-20(26-25(30)23-15-19-7-3-4-8-22(19)27-23)9-10-24(17)28-13-11-21(16-28)29-12-5-6-18(29)2/h3-4,7-10,14-15,18,21,27H,5-6,11-13,16H2,1-2H3,(H,26,30). The SMILES string of the molecule is Cc1cc(NC(=O)c2cc3ccccc3[nH]2)ccc1N1CCC(N2CCCC2C)C1. The predicted molar refractivity (Wildman–Crippen MR) is 123 cm³/mol. The van der Waals surface area contributed by atoms with Crippen LogP contribution in [0.5, 0.6) is 0 Å². The van der Waals surface area contributed by atoms with E-state index in [-0.39, 0.29) is 5.91 Å². The zero-order valence-electron chi connectivity index (χ0n) is 17.8. The van der Waals surface area contributed by atoms with Crippen molar-refractivity contribution in [3.8, 4) is 0 Å². The topological polar surface area (TPSA) is 51.4 Å². The highest BCUT2D eigenvalue weighted by Crippen LogP contribution is 2.31. The third kappa shape index (κ3) is 3.58. The molecule has 156 valence electrons. The lowest BCUT2D eigenvalue weighted by Gasteiger charge is -2.29. The summed E-state index contributed by atoms with van der Waals surface area (Å²) in [6, 6.07) is 17.5. The van der Waals surface area contributed by atoms with Crippen LogP contribution in [0.3, 0.4) is 0 Å². The van der Waals surface area contributed by atoms with E-state index in [2.05, 4.69) is 46.1 Å². The number of nitrogens with one attached hydrogen (secondary N) is 2. The van der Waals surface area contributed by atoms with Gasteiger partial charge in [-0.1, -0.05) is 18.2 Å². The third-order valence-corrected chi connectivity index (χ3v) is 6.81. The van der Waals surface area contributed by atoms with Crippen LogP contribution in [0.4, 0.5) is 11.4 Å². The van der Waals surface area contributed by atoms with E-state index < -0.39 is 0 Å². The zero-order chi connectivity index (χ0) is 20.7. The first-order valence-corrected chi connectivity index (χ1v) is 11.1. The molecule has 2 aliphatic rings. The number of carbonyl (C=O) groups is 1. The maximum Gasteiger partial charge on any atom is 0.272 e. The van der Waals surface area contributed by atoms with E-state index in [1.54, 1.807) is 0 Å². The van der Waals surface area contributed by atoms with Gasteiger partial charge in [0, 0.05) is 47.5 Å². The van der Waals surface area contributed by atoms with E-state index in [1.165, 1.54) is 37.1 Å². The van der Waals surface area contributed by atoms with Crippen molar-refractivity contribution in [2.75, 3.05) is 29.9 Å². The van der Waals surface area contributed by atoms with Crippen LogP contribution in [0.1, 0.15) is 42.2 Å². The van der Waals surface area contributed by atoms with Crippen molar-refractivity contribution in [1.82, 2.24) is 9.88 Å². The van der Waals surface area contributed by atoms with Crippen LogP contribution in [0.25, 0.3) is 10.9 Å². The molecule has 2 saturated heterocycles. The van der Waals surface area contributed by atoms with Gasteiger partial charge in [0.2, 0.25) is 0 Å². The number of aryl methyl sites for hydroxylation is 1. The predicted octanol–water partition coefficient (Wildman–Crippen LogP) is 4.79. The number of aromatic amines is 1. The van der Waals surface area contributed by atoms with Gasteiger partial charge in [-0.05, 0) is 75.5 Å². The molecule has 5 heteroatoms. The lowest BCUT2D eigenvalue weighted by molar-refractivity contribution is 0.102. The monoisotopic (exact) mass is 402 g/mol. The van der Waals surface area contributed by atoms with E-state index in [9.17, 15) is 4.79 Å². The highest BCUT2D eigenvalue weighted by atomic mass is 16.1. The smallest absolute Gasteiger partial charge is 0.272 e. The van der Waals surface area contributed by atoms with Gasteiger partial charge in [0.1, 0.15) is 5.69 Å². The number of anilines is 2. The van der Waals surface area contributed by atoms with E-state index in [1.807, 2.05) is 36.4 Å². The molecule has 1 amide bonds. The second-order valence-corrected chi connectivity index (χ2v) is 8.84. The Morgan fingerprint density at radius 1 is 1.10 bits per heavy atom. The van der Waals surface area contributed by atoms with Crippen molar-refractivity contribution < 1.29 is 4.79 Å². The van der Waals surface area contributed by atoms with E-state index in [0.29, 0.717) is 11.7 Å². The van der Waals surface area contributed by atoms with Gasteiger partial charge in [-0.3, -0.25) is 9.69 Å². The summed E-state index contributed by atoms with van der Waals surface area (Å²) in [5.74, 6) is -0.109. The second kappa shape index (κ2) is 7.80. The Morgan fingerprint density at radius 2 is 1.97 bits per heavy atom. The molecular formula is C25H30N4O. The Bertz CT molecular complexity index is 1040. The number of aromatic nitrogens is 1. The Balaban J connectivity index is 1.27. The van der Waals surface area contributed by atoms with Gasteiger partial charge in [0.25, 0.3) is 5.91 Å². The number of benzene rings is 2. The normalized spacial score (nSPS) is 22.1. The first-order valence-electron chi connectivity index (χ1n) is 11.1. The molecule has 2 fully saturated rings. The molecule has 0 bridgehead atoms. The minimum atomic E-state index is -0.109. The van der Waals surface area contributed by atoms with Crippen molar-refractivity contribution in [2.24, 2.45) is 0 Å². The van der Waals surface area contributed by atoms with Gasteiger partial charge < -0.3 is 15.2 Å². The molecule has 0 saturated carbocycles. The number of hydrogen-bond donors (Lipinski definition) is 2. The molecule has 3 heterocycles. The number of H-pyrrole nitrogens is 1. The highest BCUT2D eigenvalue weighted by Gasteiger charge is 2.33. The first kappa shape index (κ1) is 19.2. The summed E-state index contributed by atoms with van der Waals surface area (Å²) < 4.78 is 0. The van der Waals surface area contributed by atoms with Gasteiger partial charge in [-0.25, -0.2) is 0 Å². The molecule has 2 aromatic carbocycles. The van der Waals surface area contributed by atoms with Crippen molar-refractivity contribution in [2.45, 2.75) is 45.2 Å². The fraction of sp³-hybridized carbons (Fsp3) is 0.400. The third-order valence-electron chi connectivity index (χ3n) is 6.81. The van der Waals surface area contributed by atoms with Gasteiger partial charge in [-0.15, -0.1) is 0 Å². The van der Waals surface area contributed by atoms with E-state index in [4.69, 9.17) is 0 Å². The molecule has 0 aliphatic carbocycles. The summed E-state index contributed by atoms with van der Waals surface area (Å²) in [4.78, 5) is 21.1. The lowest BCUT2D eigenvalue weighted by Crippen LogP contribution is -2.39. The lowest BCUT2D eigenvalue weighted by atomic mass is 10.1. The molecule has 2 aliphatic heterocycles. The Kier molecular flexibility index (Phi) is 4.99. The zero-order valence-corrected chi connectivity index (χ0v) is 17.8. The Labute approximate surface area is 178 Å². The number of fused-ring (bicyclic) bond motifs is 1. The van der Waals surface area contributed by atoms with Crippen LogP contribution in [-0.2, 0) is 0 Å². The number of nitrogens with zero attached hydrogens (tertiary/aromatic N) is 2. The minimum absolute atomic E-state index is 0.109. The Morgan fingerprint density at radius 3 is 2.73 bits per heavy atom. The molecule has 0 radical (unpaired) electrons.